The maximum atomic E-state index is 2.36. The fourth-order valence-corrected chi connectivity index (χ4v) is 2.10. The van der Waals surface area contributed by atoms with Crippen LogP contribution in [0.2, 0.25) is 0 Å². The number of hydrogen-bond acceptors (Lipinski definition) is 0. The second kappa shape index (κ2) is 18.2. The Morgan fingerprint density at radius 1 is 0.450 bits per heavy atom. The van der Waals surface area contributed by atoms with Gasteiger partial charge < -0.3 is 0 Å². The fraction of sp³-hybridized carbons (Fsp3) is 0.700. The summed E-state index contributed by atoms with van der Waals surface area (Å²) in [6.07, 6.45) is 29.5. The predicted octanol–water partition coefficient (Wildman–Crippen LogP) is 7.38. The van der Waals surface area contributed by atoms with Gasteiger partial charge >= 0.3 is 0 Å². The van der Waals surface area contributed by atoms with Crippen LogP contribution in [0.5, 0.6) is 0 Å². The highest BCUT2D eigenvalue weighted by molar-refractivity contribution is 4.92. The highest BCUT2D eigenvalue weighted by Crippen LogP contribution is 2.04. The minimum atomic E-state index is 1.11. The van der Waals surface area contributed by atoms with E-state index in [0.717, 1.165) is 6.42 Å². The Bertz CT molecular complexity index is 245. The van der Waals surface area contributed by atoms with Gasteiger partial charge in [-0.15, -0.1) is 0 Å². The molecule has 0 nitrogen and oxygen atoms in total. The lowest BCUT2D eigenvalue weighted by Gasteiger charge is -1.94. The van der Waals surface area contributed by atoms with Gasteiger partial charge in [-0.25, -0.2) is 0 Å². The number of unbranched alkanes of at least 4 members (excludes halogenated alkanes) is 8. The summed E-state index contributed by atoms with van der Waals surface area (Å²) in [4.78, 5) is 0. The Kier molecular flexibility index (Phi) is 17.5. The molecule has 0 fully saturated rings. The first-order valence-electron chi connectivity index (χ1n) is 8.86. The standard InChI is InChI=1S/C20H36/c1-3-5-7-9-11-13-15-17-19-20-18-16-14-12-10-8-6-4-2/h9,11-12,14,18,20H,3-8,10,13,15-17,19H2,1-2H3. The Morgan fingerprint density at radius 3 is 1.35 bits per heavy atom. The number of allylic oxidation sites excluding steroid dienone is 6. The van der Waals surface area contributed by atoms with E-state index < -0.39 is 0 Å². The van der Waals surface area contributed by atoms with Crippen LogP contribution in [-0.4, -0.2) is 0 Å². The molecule has 20 heavy (non-hydrogen) atoms. The molecular weight excluding hydrogens is 240 g/mol. The molecule has 0 bridgehead atoms. The van der Waals surface area contributed by atoms with E-state index in [1.807, 2.05) is 0 Å². The summed E-state index contributed by atoms with van der Waals surface area (Å²) < 4.78 is 0. The van der Waals surface area contributed by atoms with Crippen molar-refractivity contribution in [3.05, 3.63) is 36.5 Å². The third-order valence-electron chi connectivity index (χ3n) is 3.46. The third kappa shape index (κ3) is 17.2. The first-order chi connectivity index (χ1) is 9.91. The molecule has 0 spiro atoms. The Hall–Kier alpha value is -0.780. The summed E-state index contributed by atoms with van der Waals surface area (Å²) in [5, 5.41) is 0. The van der Waals surface area contributed by atoms with Crippen molar-refractivity contribution < 1.29 is 0 Å². The van der Waals surface area contributed by atoms with Gasteiger partial charge in [-0.1, -0.05) is 76.0 Å². The van der Waals surface area contributed by atoms with Gasteiger partial charge in [0.05, 0.1) is 0 Å². The van der Waals surface area contributed by atoms with Gasteiger partial charge in [0.25, 0.3) is 0 Å². The average Bonchev–Trinajstić information content (AvgIpc) is 2.47. The van der Waals surface area contributed by atoms with Crippen LogP contribution in [0, 0.1) is 0 Å². The minimum Gasteiger partial charge on any atom is -0.0885 e. The van der Waals surface area contributed by atoms with E-state index in [-0.39, 0.29) is 0 Å². The molecule has 0 heterocycles. The molecule has 116 valence electrons. The van der Waals surface area contributed by atoms with Crippen molar-refractivity contribution in [3.63, 3.8) is 0 Å². The monoisotopic (exact) mass is 276 g/mol. The molecule has 0 aromatic heterocycles. The summed E-state index contributed by atoms with van der Waals surface area (Å²) in [7, 11) is 0. The van der Waals surface area contributed by atoms with Crippen LogP contribution in [0.4, 0.5) is 0 Å². The van der Waals surface area contributed by atoms with Gasteiger partial charge in [-0.2, -0.15) is 0 Å². The molecule has 0 saturated carbocycles. The van der Waals surface area contributed by atoms with E-state index in [2.05, 4.69) is 50.3 Å². The van der Waals surface area contributed by atoms with Crippen LogP contribution in [0.25, 0.3) is 0 Å². The lowest BCUT2D eigenvalue weighted by Crippen LogP contribution is -1.73. The molecule has 0 amide bonds. The van der Waals surface area contributed by atoms with Crippen LogP contribution in [-0.2, 0) is 0 Å². The van der Waals surface area contributed by atoms with Crippen molar-refractivity contribution in [2.24, 2.45) is 0 Å². The molecular formula is C20H36. The maximum Gasteiger partial charge on any atom is -0.0169 e. The second-order valence-corrected chi connectivity index (χ2v) is 5.57. The Morgan fingerprint density at radius 2 is 0.850 bits per heavy atom. The molecule has 0 unspecified atom stereocenters. The average molecular weight is 277 g/mol. The molecule has 0 rings (SSSR count). The fourth-order valence-electron chi connectivity index (χ4n) is 2.10. The Labute approximate surface area is 128 Å². The molecule has 0 atom stereocenters. The van der Waals surface area contributed by atoms with E-state index in [1.165, 1.54) is 70.6 Å². The molecule has 0 saturated heterocycles. The summed E-state index contributed by atoms with van der Waals surface area (Å²) in [6.45, 7) is 4.51. The highest BCUT2D eigenvalue weighted by atomic mass is 13.9. The van der Waals surface area contributed by atoms with Crippen molar-refractivity contribution in [3.8, 4) is 0 Å². The lowest BCUT2D eigenvalue weighted by molar-refractivity contribution is 0.728. The van der Waals surface area contributed by atoms with E-state index in [4.69, 9.17) is 0 Å². The summed E-state index contributed by atoms with van der Waals surface area (Å²) >= 11 is 0. The van der Waals surface area contributed by atoms with Crippen molar-refractivity contribution in [2.75, 3.05) is 0 Å². The normalized spacial score (nSPS) is 12.3. The molecule has 0 radical (unpaired) electrons. The van der Waals surface area contributed by atoms with Crippen LogP contribution in [0.1, 0.15) is 90.9 Å². The predicted molar refractivity (Wildman–Crippen MR) is 94.2 cm³/mol. The van der Waals surface area contributed by atoms with Crippen LogP contribution in [0.3, 0.4) is 0 Å². The Balaban J connectivity index is 3.21. The molecule has 0 heteroatoms. The third-order valence-corrected chi connectivity index (χ3v) is 3.46. The van der Waals surface area contributed by atoms with Gasteiger partial charge in [0, 0.05) is 0 Å². The minimum absolute atomic E-state index is 1.11. The van der Waals surface area contributed by atoms with Crippen LogP contribution in [0.15, 0.2) is 36.5 Å². The maximum absolute atomic E-state index is 2.36. The number of rotatable bonds is 14. The largest absolute Gasteiger partial charge is 0.0885 e. The first-order valence-corrected chi connectivity index (χ1v) is 8.86. The van der Waals surface area contributed by atoms with Gasteiger partial charge in [-0.05, 0) is 51.4 Å². The van der Waals surface area contributed by atoms with E-state index >= 15 is 0 Å². The number of hydrogen-bond donors (Lipinski definition) is 0. The van der Waals surface area contributed by atoms with Crippen LogP contribution < -0.4 is 0 Å². The molecule has 0 aliphatic heterocycles. The zero-order valence-corrected chi connectivity index (χ0v) is 13.9. The van der Waals surface area contributed by atoms with Gasteiger partial charge in [-0.3, -0.25) is 0 Å². The molecule has 0 aromatic carbocycles. The zero-order chi connectivity index (χ0) is 14.7. The summed E-state index contributed by atoms with van der Waals surface area (Å²) in [5.41, 5.74) is 0. The smallest absolute Gasteiger partial charge is 0.0169 e. The van der Waals surface area contributed by atoms with Crippen LogP contribution >= 0.6 is 0 Å². The van der Waals surface area contributed by atoms with Crippen molar-refractivity contribution in [2.45, 2.75) is 90.9 Å². The molecule has 0 aliphatic carbocycles. The van der Waals surface area contributed by atoms with Gasteiger partial charge in [0.2, 0.25) is 0 Å². The topological polar surface area (TPSA) is 0 Å². The van der Waals surface area contributed by atoms with Crippen molar-refractivity contribution in [1.29, 1.82) is 0 Å². The highest BCUT2D eigenvalue weighted by Gasteiger charge is 1.84. The van der Waals surface area contributed by atoms with Gasteiger partial charge in [0.15, 0.2) is 0 Å². The lowest BCUT2D eigenvalue weighted by atomic mass is 10.1. The van der Waals surface area contributed by atoms with Gasteiger partial charge in [0.1, 0.15) is 0 Å². The quantitative estimate of drug-likeness (QED) is 0.229. The van der Waals surface area contributed by atoms with E-state index in [9.17, 15) is 0 Å². The summed E-state index contributed by atoms with van der Waals surface area (Å²) in [5.74, 6) is 0. The van der Waals surface area contributed by atoms with Crippen molar-refractivity contribution >= 4 is 0 Å². The molecule has 0 aromatic rings. The SMILES string of the molecule is CCCCC=CCCCCC=CCC=CCCCCC. The first kappa shape index (κ1) is 19.2. The van der Waals surface area contributed by atoms with E-state index in [0.29, 0.717) is 0 Å². The zero-order valence-electron chi connectivity index (χ0n) is 13.9. The van der Waals surface area contributed by atoms with Crippen molar-refractivity contribution in [1.82, 2.24) is 0 Å². The summed E-state index contributed by atoms with van der Waals surface area (Å²) in [6, 6.07) is 0. The molecule has 0 N–H and O–H groups in total. The molecule has 0 aliphatic rings. The second-order valence-electron chi connectivity index (χ2n) is 5.57. The van der Waals surface area contributed by atoms with E-state index in [1.54, 1.807) is 0 Å².